The van der Waals surface area contributed by atoms with Crippen LogP contribution in [0.25, 0.3) is 0 Å². The number of aliphatic hydroxyl groups excluding tert-OH is 1. The number of nitrogens with one attached hydrogen (secondary N) is 1. The zero-order valence-corrected chi connectivity index (χ0v) is 13.8. The fraction of sp³-hybridized carbons (Fsp3) is 0.571. The van der Waals surface area contributed by atoms with Crippen LogP contribution in [0.15, 0.2) is 29.2 Å². The molecule has 0 unspecified atom stereocenters. The van der Waals surface area contributed by atoms with Crippen LogP contribution >= 0.6 is 11.8 Å². The van der Waals surface area contributed by atoms with Crippen molar-refractivity contribution in [3.63, 3.8) is 0 Å². The Morgan fingerprint density at radius 1 is 1.32 bits per heavy atom. The van der Waals surface area contributed by atoms with Crippen molar-refractivity contribution in [1.29, 1.82) is 0 Å². The van der Waals surface area contributed by atoms with Gasteiger partial charge in [-0.05, 0) is 36.5 Å². The van der Waals surface area contributed by atoms with Crippen LogP contribution < -0.4 is 4.72 Å². The maximum atomic E-state index is 13.7. The fourth-order valence-corrected chi connectivity index (χ4v) is 4.77. The van der Waals surface area contributed by atoms with E-state index in [9.17, 15) is 12.8 Å². The van der Waals surface area contributed by atoms with E-state index in [1.54, 1.807) is 11.8 Å². The average molecular weight is 349 g/mol. The first-order chi connectivity index (χ1) is 10.5. The monoisotopic (exact) mass is 349 g/mol. The van der Waals surface area contributed by atoms with Crippen molar-refractivity contribution in [1.82, 2.24) is 4.72 Å². The summed E-state index contributed by atoms with van der Waals surface area (Å²) in [6.07, 6.45) is 1.38. The number of hydrogen-bond acceptors (Lipinski definition) is 5. The second kappa shape index (κ2) is 7.74. The SMILES string of the molecule is O=S(=O)(NCC1(OCCO)CCSCC1)c1ccccc1F. The smallest absolute Gasteiger partial charge is 0.243 e. The largest absolute Gasteiger partial charge is 0.394 e. The minimum Gasteiger partial charge on any atom is -0.394 e. The predicted octanol–water partition coefficient (Wildman–Crippen LogP) is 1.38. The van der Waals surface area contributed by atoms with Gasteiger partial charge < -0.3 is 9.84 Å². The van der Waals surface area contributed by atoms with E-state index in [4.69, 9.17) is 9.84 Å². The Bertz CT molecular complexity index is 588. The lowest BCUT2D eigenvalue weighted by atomic mass is 9.97. The summed E-state index contributed by atoms with van der Waals surface area (Å²) in [4.78, 5) is -0.363. The Balaban J connectivity index is 2.09. The summed E-state index contributed by atoms with van der Waals surface area (Å²) in [5.74, 6) is 0.958. The first kappa shape index (κ1) is 17.7. The predicted molar refractivity (Wildman–Crippen MR) is 83.9 cm³/mol. The molecule has 8 heteroatoms. The van der Waals surface area contributed by atoms with Gasteiger partial charge in [-0.25, -0.2) is 17.5 Å². The standard InChI is InChI=1S/C14H20FNO4S2/c15-12-3-1-2-4-13(12)22(18,19)16-11-14(20-8-7-17)5-9-21-10-6-14/h1-4,16-17H,5-11H2. The van der Waals surface area contributed by atoms with Gasteiger partial charge in [-0.2, -0.15) is 11.8 Å². The summed E-state index contributed by atoms with van der Waals surface area (Å²) in [7, 11) is -3.93. The summed E-state index contributed by atoms with van der Waals surface area (Å²) in [6.45, 7) is 0.116. The molecule has 1 aliphatic rings. The Hall–Kier alpha value is -0.670. The lowest BCUT2D eigenvalue weighted by Gasteiger charge is -2.37. The van der Waals surface area contributed by atoms with Crippen molar-refractivity contribution in [2.75, 3.05) is 31.3 Å². The fourth-order valence-electron chi connectivity index (χ4n) is 2.34. The molecule has 0 saturated carbocycles. The third kappa shape index (κ3) is 4.42. The number of thioether (sulfide) groups is 1. The molecule has 0 bridgehead atoms. The molecule has 22 heavy (non-hydrogen) atoms. The second-order valence-corrected chi connectivity index (χ2v) is 8.08. The molecular formula is C14H20FNO4S2. The Morgan fingerprint density at radius 3 is 2.64 bits per heavy atom. The molecule has 0 amide bonds. The molecular weight excluding hydrogens is 329 g/mol. The van der Waals surface area contributed by atoms with E-state index in [2.05, 4.69) is 4.72 Å². The quantitative estimate of drug-likeness (QED) is 0.778. The van der Waals surface area contributed by atoms with Crippen molar-refractivity contribution in [2.24, 2.45) is 0 Å². The van der Waals surface area contributed by atoms with Gasteiger partial charge in [0.2, 0.25) is 10.0 Å². The molecule has 5 nitrogen and oxygen atoms in total. The van der Waals surface area contributed by atoms with Crippen molar-refractivity contribution >= 4 is 21.8 Å². The molecule has 0 aliphatic carbocycles. The van der Waals surface area contributed by atoms with E-state index in [1.807, 2.05) is 0 Å². The van der Waals surface area contributed by atoms with E-state index >= 15 is 0 Å². The highest BCUT2D eigenvalue weighted by molar-refractivity contribution is 7.99. The molecule has 2 rings (SSSR count). The van der Waals surface area contributed by atoms with E-state index in [0.29, 0.717) is 12.8 Å². The van der Waals surface area contributed by atoms with Gasteiger partial charge in [0.25, 0.3) is 0 Å². The lowest BCUT2D eigenvalue weighted by Crippen LogP contribution is -2.48. The minimum atomic E-state index is -3.93. The van der Waals surface area contributed by atoms with Crippen LogP contribution in [0.5, 0.6) is 0 Å². The van der Waals surface area contributed by atoms with Crippen molar-refractivity contribution < 1.29 is 22.7 Å². The van der Waals surface area contributed by atoms with Gasteiger partial charge in [0.15, 0.2) is 0 Å². The molecule has 124 valence electrons. The summed E-state index contributed by atoms with van der Waals surface area (Å²) in [5.41, 5.74) is -0.633. The van der Waals surface area contributed by atoms with Gasteiger partial charge in [-0.15, -0.1) is 0 Å². The molecule has 1 aromatic rings. The summed E-state index contributed by atoms with van der Waals surface area (Å²) in [5, 5.41) is 8.94. The number of ether oxygens (including phenoxy) is 1. The highest BCUT2D eigenvalue weighted by Crippen LogP contribution is 2.30. The van der Waals surface area contributed by atoms with Gasteiger partial charge in [-0.1, -0.05) is 12.1 Å². The van der Waals surface area contributed by atoms with E-state index in [-0.39, 0.29) is 24.7 Å². The van der Waals surface area contributed by atoms with Crippen molar-refractivity contribution in [2.45, 2.75) is 23.3 Å². The number of benzene rings is 1. The van der Waals surface area contributed by atoms with Crippen molar-refractivity contribution in [3.05, 3.63) is 30.1 Å². The minimum absolute atomic E-state index is 0.0736. The lowest BCUT2D eigenvalue weighted by molar-refractivity contribution is -0.0591. The molecule has 1 saturated heterocycles. The molecule has 1 heterocycles. The van der Waals surface area contributed by atoms with Crippen LogP contribution in [-0.4, -0.2) is 50.4 Å². The van der Waals surface area contributed by atoms with Crippen LogP contribution in [0, 0.1) is 5.82 Å². The molecule has 0 atom stereocenters. The molecule has 0 spiro atoms. The molecule has 0 aromatic heterocycles. The van der Waals surface area contributed by atoms with Crippen LogP contribution in [-0.2, 0) is 14.8 Å². The number of rotatable bonds is 7. The number of hydrogen-bond donors (Lipinski definition) is 2. The van der Waals surface area contributed by atoms with Gasteiger partial charge in [0, 0.05) is 6.54 Å². The van der Waals surface area contributed by atoms with E-state index < -0.39 is 21.4 Å². The molecule has 2 N–H and O–H groups in total. The normalized spacial score (nSPS) is 18.3. The first-order valence-electron chi connectivity index (χ1n) is 7.06. The second-order valence-electron chi connectivity index (χ2n) is 5.12. The van der Waals surface area contributed by atoms with Crippen molar-refractivity contribution in [3.8, 4) is 0 Å². The third-order valence-electron chi connectivity index (χ3n) is 3.61. The van der Waals surface area contributed by atoms with Gasteiger partial charge >= 0.3 is 0 Å². The average Bonchev–Trinajstić information content (AvgIpc) is 2.53. The van der Waals surface area contributed by atoms with Crippen LogP contribution in [0.3, 0.4) is 0 Å². The number of sulfonamides is 1. The van der Waals surface area contributed by atoms with Gasteiger partial charge in [0.1, 0.15) is 10.7 Å². The maximum Gasteiger partial charge on any atom is 0.243 e. The summed E-state index contributed by atoms with van der Waals surface area (Å²) in [6, 6.07) is 5.27. The first-order valence-corrected chi connectivity index (χ1v) is 9.70. The zero-order chi connectivity index (χ0) is 16.1. The molecule has 0 radical (unpaired) electrons. The summed E-state index contributed by atoms with van der Waals surface area (Å²) < 4.78 is 46.3. The van der Waals surface area contributed by atoms with Crippen LogP contribution in [0.2, 0.25) is 0 Å². The summed E-state index contributed by atoms with van der Waals surface area (Å²) >= 11 is 1.78. The molecule has 1 aromatic carbocycles. The van der Waals surface area contributed by atoms with Crippen LogP contribution in [0.4, 0.5) is 4.39 Å². The Labute approximate surface area is 134 Å². The maximum absolute atomic E-state index is 13.7. The Morgan fingerprint density at radius 2 is 2.00 bits per heavy atom. The molecule has 1 fully saturated rings. The van der Waals surface area contributed by atoms with Gasteiger partial charge in [0.05, 0.1) is 18.8 Å². The molecule has 1 aliphatic heterocycles. The number of halogens is 1. The van der Waals surface area contributed by atoms with E-state index in [0.717, 1.165) is 17.6 Å². The highest BCUT2D eigenvalue weighted by atomic mass is 32.2. The van der Waals surface area contributed by atoms with Gasteiger partial charge in [-0.3, -0.25) is 0 Å². The zero-order valence-electron chi connectivity index (χ0n) is 12.1. The topological polar surface area (TPSA) is 75.6 Å². The van der Waals surface area contributed by atoms with E-state index in [1.165, 1.54) is 18.2 Å². The number of aliphatic hydroxyl groups is 1. The third-order valence-corrected chi connectivity index (χ3v) is 6.03. The Kier molecular flexibility index (Phi) is 6.22. The highest BCUT2D eigenvalue weighted by Gasteiger charge is 2.35. The van der Waals surface area contributed by atoms with Crippen LogP contribution in [0.1, 0.15) is 12.8 Å².